The predicted octanol–water partition coefficient (Wildman–Crippen LogP) is 13.7. The zero-order chi connectivity index (χ0) is 79.4. The van der Waals surface area contributed by atoms with Crippen LogP contribution < -0.4 is 23.0 Å². The van der Waals surface area contributed by atoms with Gasteiger partial charge in [0.25, 0.3) is 0 Å². The van der Waals surface area contributed by atoms with Crippen LogP contribution in [0.3, 0.4) is 0 Å². The van der Waals surface area contributed by atoms with Crippen molar-refractivity contribution in [3.8, 4) is 56.3 Å². The summed E-state index contributed by atoms with van der Waals surface area (Å²) in [6.07, 6.45) is 12.5. The molecule has 22 nitrogen and oxygen atoms in total. The second-order valence-corrected chi connectivity index (χ2v) is 30.7. The molecule has 4 aliphatic heterocycles. The molecule has 1 amide bonds. The number of hydrogen-bond donors (Lipinski definition) is 4. The first-order chi connectivity index (χ1) is 53.2. The minimum Gasteiger partial charge on any atom is -1.00 e. The van der Waals surface area contributed by atoms with Crippen molar-refractivity contribution in [2.24, 2.45) is 23.7 Å². The molecule has 0 bridgehead atoms. The fourth-order valence-electron chi connectivity index (χ4n) is 12.6. The maximum atomic E-state index is 12.6. The molecule has 34 heteroatoms. The summed E-state index contributed by atoms with van der Waals surface area (Å²) in [6.45, 7) is 10.2. The van der Waals surface area contributed by atoms with Crippen molar-refractivity contribution in [2.75, 3.05) is 52.4 Å². The van der Waals surface area contributed by atoms with Crippen molar-refractivity contribution in [3.63, 3.8) is 0 Å². The Hall–Kier alpha value is -7.79. The molecule has 10 aromatic rings. The fourth-order valence-corrected chi connectivity index (χ4v) is 14.1. The van der Waals surface area contributed by atoms with Gasteiger partial charge in [-0.3, -0.25) is 24.0 Å². The number of nitrogens with two attached hydrogens (primary N) is 1. The number of ketones is 4. The van der Waals surface area contributed by atoms with Crippen LogP contribution in [0.5, 0.6) is 0 Å². The van der Waals surface area contributed by atoms with Gasteiger partial charge in [-0.2, -0.15) is 0 Å². The van der Waals surface area contributed by atoms with E-state index >= 15 is 0 Å². The van der Waals surface area contributed by atoms with Crippen molar-refractivity contribution in [2.45, 2.75) is 65.1 Å². The number of aromatic nitrogens is 10. The Morgan fingerprint density at radius 3 is 1.03 bits per heavy atom. The summed E-state index contributed by atoms with van der Waals surface area (Å²) in [5.41, 5.74) is 8.56. The van der Waals surface area contributed by atoms with Crippen molar-refractivity contribution in [1.82, 2.24) is 64.9 Å². The molecule has 0 spiro atoms. The summed E-state index contributed by atoms with van der Waals surface area (Å²) < 4.78 is 0. The van der Waals surface area contributed by atoms with E-state index in [9.17, 15) is 33.8 Å². The number of aromatic carboxylic acids is 1. The minimum atomic E-state index is -1.10. The largest absolute Gasteiger partial charge is 1.00 e. The van der Waals surface area contributed by atoms with Crippen LogP contribution >= 0.6 is 116 Å². The lowest BCUT2D eigenvalue weighted by molar-refractivity contribution is -0.638. The molecule has 5 aromatic carbocycles. The number of carbonyl (C=O) groups is 6. The maximum Gasteiger partial charge on any atom is 0.376 e. The molecule has 14 rings (SSSR count). The number of likely N-dealkylation sites (tertiary alicyclic amines) is 1. The highest BCUT2D eigenvalue weighted by Crippen LogP contribution is 2.34. The minimum absolute atomic E-state index is 0. The third-order valence-corrected chi connectivity index (χ3v) is 22.4. The van der Waals surface area contributed by atoms with Gasteiger partial charge < -0.3 is 42.9 Å². The number of amides is 1. The van der Waals surface area contributed by atoms with Gasteiger partial charge in [0.1, 0.15) is 54.4 Å². The number of carbonyl (C=O) groups excluding carboxylic acids is 5. The summed E-state index contributed by atoms with van der Waals surface area (Å²) in [6, 6.07) is 34.1. The molecule has 4 unspecified atom stereocenters. The van der Waals surface area contributed by atoms with Crippen LogP contribution in [-0.4, -0.2) is 164 Å². The Morgan fingerprint density at radius 2 is 0.741 bits per heavy atom. The van der Waals surface area contributed by atoms with Crippen LogP contribution in [0.25, 0.3) is 56.3 Å². The maximum absolute atomic E-state index is 12.6. The number of quaternary nitrogens is 1. The number of carboxylic acids is 1. The Labute approximate surface area is 703 Å². The van der Waals surface area contributed by atoms with E-state index in [0.717, 1.165) is 87.2 Å². The monoisotopic (exact) mass is 1730 g/mol. The molecule has 582 valence electrons. The first-order valence-corrected chi connectivity index (χ1v) is 38.9. The van der Waals surface area contributed by atoms with Crippen molar-refractivity contribution in [3.05, 3.63) is 232 Å². The standard InChI is InChI=1S/C18H17Cl2N3O2.C17H18BCl2N3O2.2C16H15Cl2N3O.C11H6Cl2N2O2.ClH/c1-11(24)23-5-4-12(9-23)6-18(25)17-8-16(21-10-22-17)13-2-3-14(19)15(20)7-13;1-18(25)23-5-4-11(9-23)6-17(24)16-8-15(21-10-22-16)12-2-3-13(19)14(20)7-12;2*17-12-2-1-11(6-13(12)18)14-7-15(21-9-20-14)16(22)5-10-3-4-19-8-10;12-7-2-1-6(3-8(7)13)9-4-10(11(16)17)15-5-14-9;/h2-3,7-8,10,12H,4-6,9H2,1H3;2-3,7-8,10-11,25H,4-6,9H2,1H3;2*1-2,6-7,9-10,19H,3-5,8H2;1-5H,(H,16,17);1H. The summed E-state index contributed by atoms with van der Waals surface area (Å²) >= 11 is 59.5. The lowest BCUT2D eigenvalue weighted by atomic mass is 9.85. The van der Waals surface area contributed by atoms with Crippen molar-refractivity contribution in [1.29, 1.82) is 0 Å². The van der Waals surface area contributed by atoms with Crippen LogP contribution in [0.15, 0.2) is 153 Å². The van der Waals surface area contributed by atoms with Gasteiger partial charge in [-0.15, -0.1) is 0 Å². The third-order valence-electron chi connectivity index (χ3n) is 18.7. The van der Waals surface area contributed by atoms with Gasteiger partial charge in [0.15, 0.2) is 28.8 Å². The Kier molecular flexibility index (Phi) is 33.5. The second kappa shape index (κ2) is 42.5. The number of hydrogen-bond acceptors (Lipinski definition) is 19. The van der Waals surface area contributed by atoms with E-state index in [4.69, 9.17) is 121 Å². The number of Topliss-reactive ketones (excluding diaryl/α,β-unsaturated/α-hetero) is 4. The summed E-state index contributed by atoms with van der Waals surface area (Å²) in [4.78, 5) is 117. The highest BCUT2D eigenvalue weighted by atomic mass is 35.5. The lowest BCUT2D eigenvalue weighted by Crippen LogP contribution is -3.00. The van der Waals surface area contributed by atoms with Gasteiger partial charge in [-0.25, -0.2) is 54.6 Å². The highest BCUT2D eigenvalue weighted by Gasteiger charge is 2.31. The zero-order valence-electron chi connectivity index (χ0n) is 60.1. The van der Waals surface area contributed by atoms with Crippen LogP contribution in [0.2, 0.25) is 57.0 Å². The summed E-state index contributed by atoms with van der Waals surface area (Å²) in [5, 5.41) is 28.5. The van der Waals surface area contributed by atoms with Crippen molar-refractivity contribution < 1.29 is 56.6 Å². The van der Waals surface area contributed by atoms with Gasteiger partial charge >= 0.3 is 13.0 Å². The molecule has 0 radical (unpaired) electrons. The van der Waals surface area contributed by atoms with E-state index in [1.165, 1.54) is 37.7 Å². The van der Waals surface area contributed by atoms with Gasteiger partial charge in [-0.1, -0.05) is 146 Å². The average molecular weight is 1730 g/mol. The second-order valence-electron chi connectivity index (χ2n) is 26.6. The fraction of sp³-hybridized carbons (Fsp3) is 0.282. The molecule has 112 heavy (non-hydrogen) atoms. The number of carboxylic acid groups (broad SMARTS) is 1. The van der Waals surface area contributed by atoms with E-state index in [1.807, 2.05) is 23.0 Å². The van der Waals surface area contributed by atoms with E-state index in [-0.39, 0.29) is 59.0 Å². The molecule has 4 atom stereocenters. The lowest BCUT2D eigenvalue weighted by Gasteiger charge is -2.15. The SMILES string of the molecule is CB(O)N1CCC(CC(=O)c2cc(-c3ccc(Cl)c(Cl)c3)ncn2)C1.CC(=O)N1CCC(CC(=O)c2cc(-c3ccc(Cl)c(Cl)c3)ncn2)C1.O=C(CC1CCNC1)c1cc(-c2ccc(Cl)c(Cl)c2)ncn1.O=C(CC1CC[NH2+]C1)c1cc(-c2ccc(Cl)c(Cl)c2)ncn1.O=C(O)c1cc(-c2ccc(Cl)c(Cl)c2)ncn1.[Cl-]. The molecule has 0 saturated carbocycles. The molecule has 4 aliphatic rings. The van der Waals surface area contributed by atoms with E-state index in [2.05, 4.69) is 60.5 Å². The summed E-state index contributed by atoms with van der Waals surface area (Å²) in [5.74, 6) is 0.298. The van der Waals surface area contributed by atoms with E-state index < -0.39 is 13.0 Å². The predicted molar refractivity (Wildman–Crippen MR) is 435 cm³/mol. The van der Waals surface area contributed by atoms with Gasteiger partial charge in [0.2, 0.25) is 5.91 Å². The van der Waals surface area contributed by atoms with Crippen LogP contribution in [0.4, 0.5) is 0 Å². The van der Waals surface area contributed by atoms with Crippen LogP contribution in [0, 0.1) is 23.7 Å². The number of rotatable bonds is 19. The number of nitrogens with one attached hydrogen (secondary N) is 1. The quantitative estimate of drug-likeness (QED) is 0.0432. The number of benzene rings is 5. The molecule has 5 aromatic heterocycles. The Morgan fingerprint density at radius 1 is 0.420 bits per heavy atom. The first kappa shape index (κ1) is 88.2. The molecule has 5 N–H and O–H groups in total. The number of nitrogens with zero attached hydrogens (tertiary/aromatic N) is 12. The Balaban J connectivity index is 0.000000161. The highest BCUT2D eigenvalue weighted by molar-refractivity contribution is 6.46. The van der Waals surface area contributed by atoms with Gasteiger partial charge in [-0.05, 0) is 161 Å². The number of halogens is 11. The van der Waals surface area contributed by atoms with E-state index in [0.29, 0.717) is 158 Å². The third kappa shape index (κ3) is 25.4. The molecule has 4 fully saturated rings. The van der Waals surface area contributed by atoms with Crippen molar-refractivity contribution >= 4 is 158 Å². The zero-order valence-corrected chi connectivity index (χ0v) is 68.4. The smallest absolute Gasteiger partial charge is 0.376 e. The Bertz CT molecular complexity index is 4910. The molecule has 0 aliphatic carbocycles. The molecule has 4 saturated heterocycles. The van der Waals surface area contributed by atoms with E-state index in [1.54, 1.807) is 116 Å². The normalized spacial score (nSPS) is 16.2. The van der Waals surface area contributed by atoms with Gasteiger partial charge in [0, 0.05) is 85.9 Å². The topological polar surface area (TPSA) is 307 Å². The van der Waals surface area contributed by atoms with Crippen LogP contribution in [0.1, 0.15) is 111 Å². The summed E-state index contributed by atoms with van der Waals surface area (Å²) in [7, 11) is -0.472. The first-order valence-electron chi connectivity index (χ1n) is 35.2. The molecule has 9 heterocycles. The average Bonchev–Trinajstić information content (AvgIpc) is 0.994. The molecular formula is C78H72BCl11N14O8. The molecular weight excluding hydrogens is 1660 g/mol. The van der Waals surface area contributed by atoms with Gasteiger partial charge in [0.05, 0.1) is 91.8 Å². The van der Waals surface area contributed by atoms with Crippen LogP contribution in [-0.2, 0) is 4.79 Å².